The maximum atomic E-state index is 12.9. The van der Waals surface area contributed by atoms with Gasteiger partial charge in [-0.2, -0.15) is 0 Å². The number of para-hydroxylation sites is 1. The number of nitrogens with zero attached hydrogens (tertiary/aromatic N) is 3. The van der Waals surface area contributed by atoms with Crippen LogP contribution in [-0.2, 0) is 6.42 Å². The van der Waals surface area contributed by atoms with Gasteiger partial charge in [0.1, 0.15) is 11.2 Å². The molecule has 0 aliphatic rings. The Labute approximate surface area is 194 Å². The van der Waals surface area contributed by atoms with Gasteiger partial charge in [0.05, 0.1) is 16.8 Å². The van der Waals surface area contributed by atoms with Crippen molar-refractivity contribution in [2.75, 3.05) is 10.6 Å². The SMILES string of the molecule is CCc1ccc(-c2cccc(C(=O)Nc3nc4c(C(=O)Nc5ncc[nH]5)cccc4[nH]3)n2)cc1. The summed E-state index contributed by atoms with van der Waals surface area (Å²) in [7, 11) is 0. The second-order valence-electron chi connectivity index (χ2n) is 7.59. The zero-order valence-corrected chi connectivity index (χ0v) is 18.3. The van der Waals surface area contributed by atoms with Crippen molar-refractivity contribution in [2.24, 2.45) is 0 Å². The molecular formula is C25H21N7O2. The van der Waals surface area contributed by atoms with Gasteiger partial charge in [-0.15, -0.1) is 0 Å². The first-order valence-corrected chi connectivity index (χ1v) is 10.8. The maximum Gasteiger partial charge on any atom is 0.276 e. The lowest BCUT2D eigenvalue weighted by molar-refractivity contribution is 0.101. The molecule has 2 aromatic carbocycles. The predicted molar refractivity (Wildman–Crippen MR) is 130 cm³/mol. The van der Waals surface area contributed by atoms with Gasteiger partial charge in [0.2, 0.25) is 11.9 Å². The molecule has 0 aliphatic carbocycles. The summed E-state index contributed by atoms with van der Waals surface area (Å²) in [5.41, 5.74) is 4.52. The maximum absolute atomic E-state index is 12.9. The van der Waals surface area contributed by atoms with Crippen molar-refractivity contribution >= 4 is 34.7 Å². The van der Waals surface area contributed by atoms with Gasteiger partial charge in [-0.1, -0.05) is 43.3 Å². The van der Waals surface area contributed by atoms with E-state index in [2.05, 4.69) is 54.6 Å². The molecule has 168 valence electrons. The zero-order valence-electron chi connectivity index (χ0n) is 18.3. The first-order chi connectivity index (χ1) is 16.6. The highest BCUT2D eigenvalue weighted by molar-refractivity contribution is 6.11. The highest BCUT2D eigenvalue weighted by atomic mass is 16.2. The Hall–Kier alpha value is -4.79. The minimum absolute atomic E-state index is 0.220. The van der Waals surface area contributed by atoms with Gasteiger partial charge < -0.3 is 9.97 Å². The lowest BCUT2D eigenvalue weighted by Crippen LogP contribution is -2.15. The molecule has 0 unspecified atom stereocenters. The Morgan fingerprint density at radius 2 is 1.68 bits per heavy atom. The number of anilines is 2. The van der Waals surface area contributed by atoms with Crippen molar-refractivity contribution in [3.05, 3.63) is 89.9 Å². The van der Waals surface area contributed by atoms with Crippen molar-refractivity contribution in [3.8, 4) is 11.3 Å². The van der Waals surface area contributed by atoms with Crippen LogP contribution in [-0.4, -0.2) is 36.7 Å². The number of aryl methyl sites for hydroxylation is 1. The van der Waals surface area contributed by atoms with E-state index in [9.17, 15) is 9.59 Å². The molecule has 4 N–H and O–H groups in total. The van der Waals surface area contributed by atoms with Crippen LogP contribution in [0.5, 0.6) is 0 Å². The lowest BCUT2D eigenvalue weighted by Gasteiger charge is -2.06. The molecule has 9 nitrogen and oxygen atoms in total. The van der Waals surface area contributed by atoms with Crippen LogP contribution in [0.2, 0.25) is 0 Å². The summed E-state index contributed by atoms with van der Waals surface area (Å²) in [5.74, 6) is -0.222. The van der Waals surface area contributed by atoms with Gasteiger partial charge in [0, 0.05) is 18.0 Å². The number of fused-ring (bicyclic) bond motifs is 1. The van der Waals surface area contributed by atoms with Gasteiger partial charge in [-0.05, 0) is 36.2 Å². The van der Waals surface area contributed by atoms with Crippen molar-refractivity contribution in [1.82, 2.24) is 24.9 Å². The number of carbonyl (C=O) groups is 2. The van der Waals surface area contributed by atoms with Gasteiger partial charge in [-0.3, -0.25) is 20.2 Å². The van der Waals surface area contributed by atoms with E-state index in [0.29, 0.717) is 28.2 Å². The summed E-state index contributed by atoms with van der Waals surface area (Å²) in [6.07, 6.45) is 4.11. The highest BCUT2D eigenvalue weighted by Gasteiger charge is 2.17. The quantitative estimate of drug-likeness (QED) is 0.304. The summed E-state index contributed by atoms with van der Waals surface area (Å²) >= 11 is 0. The average Bonchev–Trinajstić information content (AvgIpc) is 3.53. The minimum atomic E-state index is -0.410. The van der Waals surface area contributed by atoms with E-state index in [4.69, 9.17) is 0 Å². The number of benzene rings is 2. The minimum Gasteiger partial charge on any atom is -0.331 e. The molecule has 9 heteroatoms. The standard InChI is InChI=1S/C25H21N7O2/c1-2-15-9-11-16(12-10-15)18-6-4-8-20(28-18)23(34)32-25-29-19-7-3-5-17(21(19)30-25)22(33)31-24-26-13-14-27-24/h3-14H,2H2,1H3,(H2,26,27,31,33)(H2,29,30,32,34). The van der Waals surface area contributed by atoms with Crippen LogP contribution >= 0.6 is 0 Å². The molecule has 0 saturated carbocycles. The van der Waals surface area contributed by atoms with Crippen LogP contribution in [0.1, 0.15) is 33.3 Å². The highest BCUT2D eigenvalue weighted by Crippen LogP contribution is 2.21. The second kappa shape index (κ2) is 8.99. The summed E-state index contributed by atoms with van der Waals surface area (Å²) in [6, 6.07) is 18.6. The van der Waals surface area contributed by atoms with Gasteiger partial charge in [0.25, 0.3) is 11.8 Å². The van der Waals surface area contributed by atoms with Crippen LogP contribution < -0.4 is 10.6 Å². The van der Waals surface area contributed by atoms with Crippen LogP contribution in [0.3, 0.4) is 0 Å². The fraction of sp³-hybridized carbons (Fsp3) is 0.0800. The Bertz CT molecular complexity index is 1470. The number of hydrogen-bond acceptors (Lipinski definition) is 5. The summed E-state index contributed by atoms with van der Waals surface area (Å²) in [5, 5.41) is 5.42. The third-order valence-electron chi connectivity index (χ3n) is 5.36. The van der Waals surface area contributed by atoms with Gasteiger partial charge in [0.15, 0.2) is 0 Å². The number of H-pyrrole nitrogens is 2. The Kier molecular flexibility index (Phi) is 5.57. The molecule has 3 heterocycles. The summed E-state index contributed by atoms with van der Waals surface area (Å²) in [6.45, 7) is 2.10. The predicted octanol–water partition coefficient (Wildman–Crippen LogP) is 4.42. The van der Waals surface area contributed by atoms with E-state index in [-0.39, 0.29) is 17.5 Å². The molecular weight excluding hydrogens is 430 g/mol. The van der Waals surface area contributed by atoms with Crippen molar-refractivity contribution in [1.29, 1.82) is 0 Å². The second-order valence-corrected chi connectivity index (χ2v) is 7.59. The van der Waals surface area contributed by atoms with E-state index in [1.54, 1.807) is 42.7 Å². The van der Waals surface area contributed by atoms with E-state index in [1.807, 2.05) is 18.2 Å². The van der Waals surface area contributed by atoms with Crippen LogP contribution in [0.15, 0.2) is 73.1 Å². The molecule has 0 radical (unpaired) electrons. The number of aromatic amines is 2. The van der Waals surface area contributed by atoms with Crippen LogP contribution in [0, 0.1) is 0 Å². The Morgan fingerprint density at radius 1 is 0.882 bits per heavy atom. The Morgan fingerprint density at radius 3 is 2.44 bits per heavy atom. The summed E-state index contributed by atoms with van der Waals surface area (Å²) in [4.78, 5) is 44.3. The van der Waals surface area contributed by atoms with E-state index >= 15 is 0 Å². The molecule has 0 saturated heterocycles. The molecule has 5 aromatic rings. The molecule has 5 rings (SSSR count). The number of aromatic nitrogens is 5. The molecule has 0 aliphatic heterocycles. The third kappa shape index (κ3) is 4.26. The van der Waals surface area contributed by atoms with Gasteiger partial charge >= 0.3 is 0 Å². The van der Waals surface area contributed by atoms with Crippen molar-refractivity contribution in [2.45, 2.75) is 13.3 Å². The fourth-order valence-corrected chi connectivity index (χ4v) is 3.59. The molecule has 3 aromatic heterocycles. The van der Waals surface area contributed by atoms with Gasteiger partial charge in [-0.25, -0.2) is 15.0 Å². The average molecular weight is 451 g/mol. The number of amides is 2. The van der Waals surface area contributed by atoms with Crippen LogP contribution in [0.25, 0.3) is 22.3 Å². The molecule has 0 atom stereocenters. The largest absolute Gasteiger partial charge is 0.331 e. The molecule has 0 fully saturated rings. The Balaban J connectivity index is 1.37. The monoisotopic (exact) mass is 451 g/mol. The normalized spacial score (nSPS) is 10.9. The number of nitrogens with one attached hydrogen (secondary N) is 4. The first kappa shape index (κ1) is 21.1. The molecule has 34 heavy (non-hydrogen) atoms. The topological polar surface area (TPSA) is 128 Å². The zero-order chi connectivity index (χ0) is 23.5. The number of imidazole rings is 2. The molecule has 0 bridgehead atoms. The molecule has 2 amide bonds. The van der Waals surface area contributed by atoms with E-state index in [1.165, 1.54) is 5.56 Å². The fourth-order valence-electron chi connectivity index (χ4n) is 3.59. The van der Waals surface area contributed by atoms with Crippen molar-refractivity contribution in [3.63, 3.8) is 0 Å². The number of rotatable bonds is 6. The number of pyridine rings is 1. The van der Waals surface area contributed by atoms with E-state index < -0.39 is 5.91 Å². The lowest BCUT2D eigenvalue weighted by atomic mass is 10.1. The first-order valence-electron chi connectivity index (χ1n) is 10.8. The van der Waals surface area contributed by atoms with E-state index in [0.717, 1.165) is 12.0 Å². The molecule has 0 spiro atoms. The summed E-state index contributed by atoms with van der Waals surface area (Å²) < 4.78 is 0. The van der Waals surface area contributed by atoms with Crippen molar-refractivity contribution < 1.29 is 9.59 Å². The number of carbonyl (C=O) groups excluding carboxylic acids is 2. The third-order valence-corrected chi connectivity index (χ3v) is 5.36. The number of hydrogen-bond donors (Lipinski definition) is 4. The smallest absolute Gasteiger partial charge is 0.276 e. The van der Waals surface area contributed by atoms with Crippen LogP contribution in [0.4, 0.5) is 11.9 Å².